The van der Waals surface area contributed by atoms with Crippen LogP contribution in [0.4, 0.5) is 50.9 Å². The first-order chi connectivity index (χ1) is 19.5. The molecule has 2 aliphatic rings. The second kappa shape index (κ2) is 13.0. The number of rotatable bonds is 5. The van der Waals surface area contributed by atoms with E-state index in [1.54, 1.807) is 12.4 Å². The molecule has 42 heavy (non-hydrogen) atoms. The first-order valence-corrected chi connectivity index (χ1v) is 12.6. The van der Waals surface area contributed by atoms with E-state index in [4.69, 9.17) is 0 Å². The highest BCUT2D eigenvalue weighted by Gasteiger charge is 2.54. The van der Waals surface area contributed by atoms with Gasteiger partial charge in [-0.25, -0.2) is 0 Å². The number of nitrogens with one attached hydrogen (secondary N) is 1. The molecule has 1 N–H and O–H groups in total. The third-order valence-corrected chi connectivity index (χ3v) is 6.71. The van der Waals surface area contributed by atoms with E-state index in [-0.39, 0.29) is 17.9 Å². The van der Waals surface area contributed by atoms with Crippen molar-refractivity contribution in [2.24, 2.45) is 5.92 Å². The Hall–Kier alpha value is -3.85. The van der Waals surface area contributed by atoms with E-state index in [2.05, 4.69) is 15.2 Å². The molecule has 0 aliphatic carbocycles. The Morgan fingerprint density at radius 2 is 1.17 bits per heavy atom. The van der Waals surface area contributed by atoms with Gasteiger partial charge in [-0.2, -0.15) is 39.5 Å². The summed E-state index contributed by atoms with van der Waals surface area (Å²) in [5, 5.41) is 3.15. The SMILES string of the molecule is O=C(C(=O)C(F)(F)F)C(F)(F)F.O=C(N[C@H]1CCN(c2ccc(C(F)(F)F)cc2)C1)C1CCN(c2ccncc2)CC1. The van der Waals surface area contributed by atoms with Gasteiger partial charge in [-0.3, -0.25) is 19.4 Å². The molecule has 0 bridgehead atoms. The standard InChI is InChI=1S/C22H25F3N4O.C4F6O2/c23-22(24,25)17-1-3-19(4-2-17)29-14-9-18(15-29)27-21(30)16-7-12-28(13-8-16)20-5-10-26-11-6-20;5-3(6,7)1(11)2(12)4(8,9)10/h1-6,10-11,16,18H,7-9,12-15H2,(H,27,30);/t18-;/m0./s1. The first kappa shape index (κ1) is 32.7. The van der Waals surface area contributed by atoms with Crippen molar-refractivity contribution in [3.63, 3.8) is 0 Å². The van der Waals surface area contributed by atoms with Gasteiger partial charge in [0.2, 0.25) is 5.91 Å². The fourth-order valence-electron chi connectivity index (χ4n) is 4.51. The van der Waals surface area contributed by atoms with E-state index in [0.717, 1.165) is 62.4 Å². The number of pyridine rings is 1. The smallest absolute Gasteiger partial charge is 0.371 e. The summed E-state index contributed by atoms with van der Waals surface area (Å²) in [4.78, 5) is 40.3. The lowest BCUT2D eigenvalue weighted by molar-refractivity contribution is -0.193. The Morgan fingerprint density at radius 3 is 1.64 bits per heavy atom. The Morgan fingerprint density at radius 1 is 0.690 bits per heavy atom. The van der Waals surface area contributed by atoms with Gasteiger partial charge in [0.15, 0.2) is 0 Å². The number of halogens is 9. The van der Waals surface area contributed by atoms with E-state index in [1.165, 1.54) is 12.1 Å². The number of ketones is 2. The third-order valence-electron chi connectivity index (χ3n) is 6.71. The van der Waals surface area contributed by atoms with Crippen LogP contribution in [0, 0.1) is 5.92 Å². The maximum absolute atomic E-state index is 12.7. The van der Waals surface area contributed by atoms with Crippen LogP contribution in [0.25, 0.3) is 0 Å². The highest BCUT2D eigenvalue weighted by atomic mass is 19.4. The van der Waals surface area contributed by atoms with Gasteiger partial charge in [0.05, 0.1) is 5.56 Å². The molecule has 0 saturated carbocycles. The number of amides is 1. The predicted molar refractivity (Wildman–Crippen MR) is 132 cm³/mol. The second-order valence-electron chi connectivity index (χ2n) is 9.61. The first-order valence-electron chi connectivity index (χ1n) is 12.6. The predicted octanol–water partition coefficient (Wildman–Crippen LogP) is 4.96. The quantitative estimate of drug-likeness (QED) is 0.380. The number of hydrogen-bond acceptors (Lipinski definition) is 6. The van der Waals surface area contributed by atoms with Crippen molar-refractivity contribution in [2.75, 3.05) is 36.0 Å². The molecule has 1 atom stereocenters. The number of Topliss-reactive ketones (excluding diaryl/α,β-unsaturated/α-hetero) is 2. The van der Waals surface area contributed by atoms with Crippen LogP contribution in [0.5, 0.6) is 0 Å². The van der Waals surface area contributed by atoms with Crippen LogP contribution in [-0.2, 0) is 20.6 Å². The Kier molecular flexibility index (Phi) is 10.1. The fraction of sp³-hybridized carbons (Fsp3) is 0.462. The van der Waals surface area contributed by atoms with Crippen molar-refractivity contribution < 1.29 is 53.9 Å². The molecule has 16 heteroatoms. The highest BCUT2D eigenvalue weighted by Crippen LogP contribution is 2.31. The van der Waals surface area contributed by atoms with E-state index in [0.29, 0.717) is 6.54 Å². The number of anilines is 2. The van der Waals surface area contributed by atoms with Gasteiger partial charge in [0.25, 0.3) is 0 Å². The van der Waals surface area contributed by atoms with Gasteiger partial charge >= 0.3 is 30.1 Å². The molecule has 2 fully saturated rings. The number of aromatic nitrogens is 1. The lowest BCUT2D eigenvalue weighted by Crippen LogP contribution is -2.44. The lowest BCUT2D eigenvalue weighted by atomic mass is 9.95. The molecule has 3 heterocycles. The Balaban J connectivity index is 0.000000343. The van der Waals surface area contributed by atoms with Crippen LogP contribution in [-0.4, -0.2) is 67.0 Å². The molecule has 7 nitrogen and oxygen atoms in total. The lowest BCUT2D eigenvalue weighted by Gasteiger charge is -2.33. The molecule has 0 spiro atoms. The summed E-state index contributed by atoms with van der Waals surface area (Å²) < 4.78 is 105. The second-order valence-corrected chi connectivity index (χ2v) is 9.61. The summed E-state index contributed by atoms with van der Waals surface area (Å²) in [5.74, 6) is -6.73. The van der Waals surface area contributed by atoms with E-state index in [1.807, 2.05) is 17.0 Å². The molecule has 1 amide bonds. The normalized spacial score (nSPS) is 18.3. The topological polar surface area (TPSA) is 82.6 Å². The maximum Gasteiger partial charge on any atom is 0.458 e. The minimum Gasteiger partial charge on any atom is -0.371 e. The molecule has 2 saturated heterocycles. The highest BCUT2D eigenvalue weighted by molar-refractivity contribution is 6.41. The molecule has 2 aliphatic heterocycles. The number of hydrogen-bond donors (Lipinski definition) is 1. The van der Waals surface area contributed by atoms with Crippen LogP contribution in [0.2, 0.25) is 0 Å². The van der Waals surface area contributed by atoms with Gasteiger partial charge in [-0.1, -0.05) is 0 Å². The van der Waals surface area contributed by atoms with Crippen LogP contribution in [0.15, 0.2) is 48.8 Å². The van der Waals surface area contributed by atoms with Gasteiger partial charge in [-0.05, 0) is 55.7 Å². The van der Waals surface area contributed by atoms with Crippen molar-refractivity contribution >= 4 is 28.8 Å². The summed E-state index contributed by atoms with van der Waals surface area (Å²) in [5.41, 5.74) is 1.24. The number of carbonyl (C=O) groups is 3. The summed E-state index contributed by atoms with van der Waals surface area (Å²) >= 11 is 0. The maximum atomic E-state index is 12.7. The van der Waals surface area contributed by atoms with Gasteiger partial charge in [-0.15, -0.1) is 0 Å². The van der Waals surface area contributed by atoms with E-state index in [9.17, 15) is 53.9 Å². The fourth-order valence-corrected chi connectivity index (χ4v) is 4.51. The minimum absolute atomic E-state index is 0.00297. The Labute approximate surface area is 233 Å². The molecule has 2 aromatic rings. The van der Waals surface area contributed by atoms with Crippen LogP contribution in [0.3, 0.4) is 0 Å². The Bertz CT molecular complexity index is 1200. The van der Waals surface area contributed by atoms with Crippen molar-refractivity contribution in [2.45, 2.75) is 43.8 Å². The summed E-state index contributed by atoms with van der Waals surface area (Å²) in [6, 6.07) is 9.21. The van der Waals surface area contributed by atoms with Gasteiger partial charge in [0, 0.05) is 61.9 Å². The molecule has 0 radical (unpaired) electrons. The van der Waals surface area contributed by atoms with Crippen molar-refractivity contribution in [1.82, 2.24) is 10.3 Å². The largest absolute Gasteiger partial charge is 0.458 e. The molecule has 1 aromatic heterocycles. The number of piperidine rings is 1. The number of alkyl halides is 9. The summed E-state index contributed by atoms with van der Waals surface area (Å²) in [6.07, 6.45) is -9.91. The van der Waals surface area contributed by atoms with Crippen LogP contribution in [0.1, 0.15) is 24.8 Å². The van der Waals surface area contributed by atoms with Crippen LogP contribution >= 0.6 is 0 Å². The average Bonchev–Trinajstić information content (AvgIpc) is 3.40. The van der Waals surface area contributed by atoms with Crippen molar-refractivity contribution in [1.29, 1.82) is 0 Å². The zero-order valence-corrected chi connectivity index (χ0v) is 21.7. The summed E-state index contributed by atoms with van der Waals surface area (Å²) in [6.45, 7) is 3.01. The number of benzene rings is 1. The monoisotopic (exact) mass is 612 g/mol. The zero-order chi connectivity index (χ0) is 31.3. The zero-order valence-electron chi connectivity index (χ0n) is 21.7. The molecule has 1 aromatic carbocycles. The van der Waals surface area contributed by atoms with E-state index >= 15 is 0 Å². The van der Waals surface area contributed by atoms with Gasteiger partial charge < -0.3 is 15.1 Å². The average molecular weight is 612 g/mol. The number of carbonyl (C=O) groups excluding carboxylic acids is 3. The van der Waals surface area contributed by atoms with Crippen molar-refractivity contribution in [3.8, 4) is 0 Å². The van der Waals surface area contributed by atoms with Crippen LogP contribution < -0.4 is 15.1 Å². The molecular formula is C26H25F9N4O3. The molecule has 4 rings (SSSR count). The molecule has 0 unspecified atom stereocenters. The summed E-state index contributed by atoms with van der Waals surface area (Å²) in [7, 11) is 0. The van der Waals surface area contributed by atoms with Crippen molar-refractivity contribution in [3.05, 3.63) is 54.4 Å². The van der Waals surface area contributed by atoms with Gasteiger partial charge in [0.1, 0.15) is 0 Å². The molecule has 230 valence electrons. The molecular weight excluding hydrogens is 587 g/mol. The minimum atomic E-state index is -5.77. The van der Waals surface area contributed by atoms with E-state index < -0.39 is 35.7 Å². The number of nitrogens with zero attached hydrogens (tertiary/aromatic N) is 3. The third kappa shape index (κ3) is 8.82.